The summed E-state index contributed by atoms with van der Waals surface area (Å²) in [5.74, 6) is 0.103. The summed E-state index contributed by atoms with van der Waals surface area (Å²) in [7, 11) is 3.19. The van der Waals surface area contributed by atoms with Gasteiger partial charge in [0, 0.05) is 7.05 Å². The first-order chi connectivity index (χ1) is 8.15. The minimum Gasteiger partial charge on any atom is -0.479 e. The van der Waals surface area contributed by atoms with Crippen molar-refractivity contribution >= 4 is 17.9 Å². The number of likely N-dealkylation sites (N-methyl/N-ethyl adjacent to an activating group) is 1. The van der Waals surface area contributed by atoms with Crippen molar-refractivity contribution in [3.63, 3.8) is 0 Å². The van der Waals surface area contributed by atoms with Gasteiger partial charge in [0.25, 0.3) is 0 Å². The summed E-state index contributed by atoms with van der Waals surface area (Å²) in [4.78, 5) is 24.0. The van der Waals surface area contributed by atoms with E-state index in [1.165, 1.54) is 7.11 Å². The van der Waals surface area contributed by atoms with Crippen molar-refractivity contribution in [3.05, 3.63) is 23.8 Å². The van der Waals surface area contributed by atoms with Crippen LogP contribution in [-0.4, -0.2) is 39.1 Å². The highest BCUT2D eigenvalue weighted by Gasteiger charge is 2.24. The molecule has 0 saturated heterocycles. The first kappa shape index (κ1) is 11.4. The van der Waals surface area contributed by atoms with Crippen LogP contribution in [0.1, 0.15) is 10.4 Å². The molecule has 0 saturated carbocycles. The van der Waals surface area contributed by atoms with E-state index in [1.807, 2.05) is 11.9 Å². The number of carbonyl (C=O) groups is 2. The summed E-state index contributed by atoms with van der Waals surface area (Å²) in [5, 5.41) is 0. The lowest BCUT2D eigenvalue weighted by Crippen LogP contribution is -2.38. The number of esters is 1. The van der Waals surface area contributed by atoms with Crippen LogP contribution in [0.4, 0.5) is 5.69 Å². The molecule has 0 bridgehead atoms. The number of anilines is 1. The molecule has 1 aliphatic heterocycles. The van der Waals surface area contributed by atoms with E-state index >= 15 is 0 Å². The van der Waals surface area contributed by atoms with Gasteiger partial charge in [0.05, 0.1) is 24.9 Å². The fourth-order valence-corrected chi connectivity index (χ4v) is 1.81. The van der Waals surface area contributed by atoms with Crippen molar-refractivity contribution in [2.24, 2.45) is 0 Å². The van der Waals surface area contributed by atoms with Crippen molar-refractivity contribution in [1.29, 1.82) is 0 Å². The molecule has 1 atom stereocenters. The number of methoxy groups -OCH3 is 1. The molecule has 0 N–H and O–H groups in total. The molecular weight excluding hydrogens is 222 g/mol. The van der Waals surface area contributed by atoms with Crippen LogP contribution in [-0.2, 0) is 9.53 Å². The quantitative estimate of drug-likeness (QED) is 0.562. The van der Waals surface area contributed by atoms with Gasteiger partial charge in [0.2, 0.25) is 0 Å². The molecule has 1 heterocycles. The molecule has 0 spiro atoms. The van der Waals surface area contributed by atoms with Gasteiger partial charge in [-0.15, -0.1) is 0 Å². The molecule has 5 nitrogen and oxygen atoms in total. The predicted molar refractivity (Wildman–Crippen MR) is 61.5 cm³/mol. The Morgan fingerprint density at radius 1 is 1.59 bits per heavy atom. The van der Waals surface area contributed by atoms with E-state index in [-0.39, 0.29) is 0 Å². The predicted octanol–water partition coefficient (Wildman–Crippen LogP) is 0.869. The average molecular weight is 235 g/mol. The summed E-state index contributed by atoms with van der Waals surface area (Å²) in [6.07, 6.45) is 0.255. The third-order valence-electron chi connectivity index (χ3n) is 2.68. The van der Waals surface area contributed by atoms with Crippen LogP contribution >= 0.6 is 0 Å². The summed E-state index contributed by atoms with van der Waals surface area (Å²) >= 11 is 0. The zero-order valence-corrected chi connectivity index (χ0v) is 9.67. The number of carbonyl (C=O) groups excluding carboxylic acids is 2. The lowest BCUT2D eigenvalue weighted by atomic mass is 10.1. The van der Waals surface area contributed by atoms with E-state index in [2.05, 4.69) is 4.74 Å². The SMILES string of the molecule is COC(=O)c1ccc2c(c1)OC(C=O)CN2C. The van der Waals surface area contributed by atoms with E-state index in [1.54, 1.807) is 18.2 Å². The monoisotopic (exact) mass is 235 g/mol. The molecule has 0 aliphatic carbocycles. The average Bonchev–Trinajstić information content (AvgIpc) is 2.36. The lowest BCUT2D eigenvalue weighted by molar-refractivity contribution is -0.113. The van der Waals surface area contributed by atoms with Crippen molar-refractivity contribution in [2.75, 3.05) is 25.6 Å². The van der Waals surface area contributed by atoms with Gasteiger partial charge in [-0.05, 0) is 18.2 Å². The van der Waals surface area contributed by atoms with Gasteiger partial charge >= 0.3 is 5.97 Å². The van der Waals surface area contributed by atoms with Gasteiger partial charge in [-0.25, -0.2) is 4.79 Å². The summed E-state index contributed by atoms with van der Waals surface area (Å²) in [6.45, 7) is 0.508. The molecule has 0 fully saturated rings. The number of fused-ring (bicyclic) bond motifs is 1. The van der Waals surface area contributed by atoms with Gasteiger partial charge in [-0.3, -0.25) is 4.79 Å². The smallest absolute Gasteiger partial charge is 0.337 e. The van der Waals surface area contributed by atoms with E-state index < -0.39 is 12.1 Å². The Bertz CT molecular complexity index is 458. The molecule has 0 aromatic heterocycles. The summed E-state index contributed by atoms with van der Waals surface area (Å²) < 4.78 is 10.1. The fourth-order valence-electron chi connectivity index (χ4n) is 1.81. The van der Waals surface area contributed by atoms with E-state index in [9.17, 15) is 9.59 Å². The number of hydrogen-bond acceptors (Lipinski definition) is 5. The van der Waals surface area contributed by atoms with E-state index in [0.29, 0.717) is 17.9 Å². The Labute approximate surface area is 98.9 Å². The van der Waals surface area contributed by atoms with Crippen LogP contribution in [0, 0.1) is 0 Å². The number of rotatable bonds is 2. The highest BCUT2D eigenvalue weighted by molar-refractivity contribution is 5.91. The Morgan fingerprint density at radius 2 is 2.35 bits per heavy atom. The van der Waals surface area contributed by atoms with Gasteiger partial charge in [0.15, 0.2) is 12.4 Å². The van der Waals surface area contributed by atoms with Gasteiger partial charge in [0.1, 0.15) is 5.75 Å². The number of ether oxygens (including phenoxy) is 2. The second-order valence-corrected chi connectivity index (χ2v) is 3.85. The van der Waals surface area contributed by atoms with Crippen LogP contribution in [0.5, 0.6) is 5.75 Å². The number of benzene rings is 1. The number of hydrogen-bond donors (Lipinski definition) is 0. The minimum atomic E-state index is -0.500. The van der Waals surface area contributed by atoms with Crippen molar-refractivity contribution < 1.29 is 19.1 Å². The number of nitrogens with zero attached hydrogens (tertiary/aromatic N) is 1. The molecule has 0 amide bonds. The zero-order chi connectivity index (χ0) is 12.4. The molecular formula is C12H13NO4. The molecule has 1 aromatic carbocycles. The fraction of sp³-hybridized carbons (Fsp3) is 0.333. The molecule has 90 valence electrons. The standard InChI is InChI=1S/C12H13NO4/c1-13-6-9(7-14)17-11-5-8(12(15)16-2)3-4-10(11)13/h3-5,7,9H,6H2,1-2H3. The molecule has 2 rings (SSSR count). The van der Waals surface area contributed by atoms with Crippen LogP contribution in [0.15, 0.2) is 18.2 Å². The van der Waals surface area contributed by atoms with Crippen LogP contribution < -0.4 is 9.64 Å². The maximum Gasteiger partial charge on any atom is 0.337 e. The molecule has 1 aromatic rings. The summed E-state index contributed by atoms with van der Waals surface area (Å²) in [5.41, 5.74) is 1.27. The zero-order valence-electron chi connectivity index (χ0n) is 9.67. The molecule has 5 heteroatoms. The molecule has 1 aliphatic rings. The number of aldehydes is 1. The summed E-state index contributed by atoms with van der Waals surface area (Å²) in [6, 6.07) is 5.04. The van der Waals surface area contributed by atoms with Crippen molar-refractivity contribution in [3.8, 4) is 5.75 Å². The van der Waals surface area contributed by atoms with E-state index in [0.717, 1.165) is 12.0 Å². The largest absolute Gasteiger partial charge is 0.479 e. The van der Waals surface area contributed by atoms with E-state index in [4.69, 9.17) is 4.74 Å². The van der Waals surface area contributed by atoms with Crippen LogP contribution in [0.2, 0.25) is 0 Å². The maximum atomic E-state index is 11.4. The third-order valence-corrected chi connectivity index (χ3v) is 2.68. The highest BCUT2D eigenvalue weighted by atomic mass is 16.5. The Hall–Kier alpha value is -2.04. The second kappa shape index (κ2) is 4.45. The van der Waals surface area contributed by atoms with Gasteiger partial charge < -0.3 is 14.4 Å². The molecule has 17 heavy (non-hydrogen) atoms. The third kappa shape index (κ3) is 2.08. The maximum absolute atomic E-state index is 11.4. The Morgan fingerprint density at radius 3 is 3.00 bits per heavy atom. The van der Waals surface area contributed by atoms with Crippen molar-refractivity contribution in [2.45, 2.75) is 6.10 Å². The topological polar surface area (TPSA) is 55.8 Å². The molecule has 0 radical (unpaired) electrons. The van der Waals surface area contributed by atoms with Crippen LogP contribution in [0.25, 0.3) is 0 Å². The first-order valence-electron chi connectivity index (χ1n) is 5.21. The second-order valence-electron chi connectivity index (χ2n) is 3.85. The minimum absolute atomic E-state index is 0.409. The normalized spacial score (nSPS) is 18.0. The lowest BCUT2D eigenvalue weighted by Gasteiger charge is -2.31. The Kier molecular flexibility index (Phi) is 2.99. The van der Waals surface area contributed by atoms with Crippen molar-refractivity contribution in [1.82, 2.24) is 0 Å². The first-order valence-corrected chi connectivity index (χ1v) is 5.21. The van der Waals surface area contributed by atoms with Crippen LogP contribution in [0.3, 0.4) is 0 Å². The Balaban J connectivity index is 2.37. The van der Waals surface area contributed by atoms with Gasteiger partial charge in [-0.2, -0.15) is 0 Å². The highest BCUT2D eigenvalue weighted by Crippen LogP contribution is 2.33. The van der Waals surface area contributed by atoms with Gasteiger partial charge in [-0.1, -0.05) is 0 Å². The molecule has 1 unspecified atom stereocenters.